The molecule has 0 spiro atoms. The minimum Gasteiger partial charge on any atom is -0.385 e. The molecule has 11 heavy (non-hydrogen) atoms. The molecule has 2 rings (SSSR count). The minimum absolute atomic E-state index is 0.201. The summed E-state index contributed by atoms with van der Waals surface area (Å²) in [4.78, 5) is 0. The monoisotopic (exact) mass is 152 g/mol. The summed E-state index contributed by atoms with van der Waals surface area (Å²) >= 11 is 0. The van der Waals surface area contributed by atoms with Crippen molar-refractivity contribution in [3.8, 4) is 0 Å². The lowest BCUT2D eigenvalue weighted by Gasteiger charge is -2.31. The molecule has 1 N–H and O–H groups in total. The molecule has 2 aliphatic carbocycles. The van der Waals surface area contributed by atoms with Crippen molar-refractivity contribution in [3.63, 3.8) is 0 Å². The Kier molecular flexibility index (Phi) is 1.15. The fraction of sp³-hybridized carbons (Fsp3) is 0.800. The first-order chi connectivity index (χ1) is 5.01. The van der Waals surface area contributed by atoms with E-state index in [9.17, 15) is 5.11 Å². The van der Waals surface area contributed by atoms with Gasteiger partial charge in [0.05, 0.1) is 5.60 Å². The zero-order valence-corrected chi connectivity index (χ0v) is 7.46. The lowest BCUT2D eigenvalue weighted by molar-refractivity contribution is 0.00876. The van der Waals surface area contributed by atoms with Crippen LogP contribution in [0.2, 0.25) is 0 Å². The number of aliphatic hydroxyl groups is 1. The van der Waals surface area contributed by atoms with Gasteiger partial charge in [-0.15, -0.1) is 0 Å². The standard InChI is InChI=1S/C10H16O/c1-7(2)10-6-8(10)4-5-9(10,3)11/h4-5,7-8,11H,6H2,1-3H3. The van der Waals surface area contributed by atoms with E-state index in [2.05, 4.69) is 19.9 Å². The number of hydrogen-bond acceptors (Lipinski definition) is 1. The molecule has 0 heterocycles. The van der Waals surface area contributed by atoms with Crippen LogP contribution in [-0.2, 0) is 0 Å². The molecule has 0 aromatic carbocycles. The molecule has 2 aliphatic rings. The summed E-state index contributed by atoms with van der Waals surface area (Å²) in [5, 5.41) is 10.0. The highest BCUT2D eigenvalue weighted by Gasteiger charge is 2.66. The molecule has 1 nitrogen and oxygen atoms in total. The van der Waals surface area contributed by atoms with Gasteiger partial charge in [0.2, 0.25) is 0 Å². The van der Waals surface area contributed by atoms with Gasteiger partial charge in [0, 0.05) is 5.41 Å². The largest absolute Gasteiger partial charge is 0.385 e. The summed E-state index contributed by atoms with van der Waals surface area (Å²) in [5.74, 6) is 1.26. The van der Waals surface area contributed by atoms with E-state index < -0.39 is 5.60 Å². The van der Waals surface area contributed by atoms with Crippen molar-refractivity contribution in [1.82, 2.24) is 0 Å². The Bertz CT molecular complexity index is 215. The lowest BCUT2D eigenvalue weighted by atomic mass is 9.78. The maximum absolute atomic E-state index is 10.0. The zero-order chi connectivity index (χ0) is 8.28. The number of fused-ring (bicyclic) bond motifs is 1. The summed E-state index contributed by atoms with van der Waals surface area (Å²) in [7, 11) is 0. The number of rotatable bonds is 1. The fourth-order valence-corrected chi connectivity index (χ4v) is 2.83. The van der Waals surface area contributed by atoms with E-state index >= 15 is 0 Å². The van der Waals surface area contributed by atoms with Crippen molar-refractivity contribution < 1.29 is 5.11 Å². The molecular weight excluding hydrogens is 136 g/mol. The summed E-state index contributed by atoms with van der Waals surface area (Å²) in [6, 6.07) is 0. The third-order valence-corrected chi connectivity index (χ3v) is 3.68. The van der Waals surface area contributed by atoms with Crippen molar-refractivity contribution >= 4 is 0 Å². The van der Waals surface area contributed by atoms with E-state index in [1.165, 1.54) is 6.42 Å². The zero-order valence-electron chi connectivity index (χ0n) is 7.46. The summed E-state index contributed by atoms with van der Waals surface area (Å²) in [6.45, 7) is 6.36. The van der Waals surface area contributed by atoms with Crippen molar-refractivity contribution in [3.05, 3.63) is 12.2 Å². The van der Waals surface area contributed by atoms with Gasteiger partial charge in [0.1, 0.15) is 0 Å². The number of hydrogen-bond donors (Lipinski definition) is 1. The highest BCUT2D eigenvalue weighted by molar-refractivity contribution is 5.32. The van der Waals surface area contributed by atoms with Gasteiger partial charge in [-0.2, -0.15) is 0 Å². The van der Waals surface area contributed by atoms with Crippen LogP contribution in [-0.4, -0.2) is 10.7 Å². The molecule has 1 heteroatoms. The van der Waals surface area contributed by atoms with Gasteiger partial charge in [-0.3, -0.25) is 0 Å². The molecule has 0 aromatic heterocycles. The van der Waals surface area contributed by atoms with Crippen molar-refractivity contribution in [2.75, 3.05) is 0 Å². The highest BCUT2D eigenvalue weighted by atomic mass is 16.3. The molecule has 0 radical (unpaired) electrons. The lowest BCUT2D eigenvalue weighted by Crippen LogP contribution is -2.36. The first kappa shape index (κ1) is 7.35. The van der Waals surface area contributed by atoms with Crippen molar-refractivity contribution in [1.29, 1.82) is 0 Å². The quantitative estimate of drug-likeness (QED) is 0.569. The summed E-state index contributed by atoms with van der Waals surface area (Å²) in [6.07, 6.45) is 5.34. The average molecular weight is 152 g/mol. The van der Waals surface area contributed by atoms with Gasteiger partial charge in [-0.25, -0.2) is 0 Å². The normalized spacial score (nSPS) is 53.4. The molecule has 0 saturated heterocycles. The molecule has 0 bridgehead atoms. The molecule has 3 unspecified atom stereocenters. The molecule has 0 aromatic rings. The molecule has 62 valence electrons. The van der Waals surface area contributed by atoms with Gasteiger partial charge in [0.15, 0.2) is 0 Å². The Morgan fingerprint density at radius 1 is 1.55 bits per heavy atom. The van der Waals surface area contributed by atoms with Crippen LogP contribution in [0.25, 0.3) is 0 Å². The Morgan fingerprint density at radius 2 is 2.18 bits per heavy atom. The Hall–Kier alpha value is -0.300. The van der Waals surface area contributed by atoms with Crippen molar-refractivity contribution in [2.24, 2.45) is 17.3 Å². The van der Waals surface area contributed by atoms with E-state index in [-0.39, 0.29) is 5.41 Å². The predicted octanol–water partition coefficient (Wildman–Crippen LogP) is 1.97. The number of allylic oxidation sites excluding steroid dienone is 1. The predicted molar refractivity (Wildman–Crippen MR) is 45.1 cm³/mol. The second kappa shape index (κ2) is 1.71. The van der Waals surface area contributed by atoms with Crippen LogP contribution in [0.5, 0.6) is 0 Å². The van der Waals surface area contributed by atoms with Gasteiger partial charge in [-0.05, 0) is 25.2 Å². The minimum atomic E-state index is -0.536. The smallest absolute Gasteiger partial charge is 0.0863 e. The maximum Gasteiger partial charge on any atom is 0.0863 e. The van der Waals surface area contributed by atoms with Crippen molar-refractivity contribution in [2.45, 2.75) is 32.8 Å². The Morgan fingerprint density at radius 3 is 2.36 bits per heavy atom. The third kappa shape index (κ3) is 0.652. The second-order valence-corrected chi connectivity index (χ2v) is 4.51. The highest BCUT2D eigenvalue weighted by Crippen LogP contribution is 2.68. The Labute approximate surface area is 68.1 Å². The van der Waals surface area contributed by atoms with E-state index in [1.807, 2.05) is 13.0 Å². The third-order valence-electron chi connectivity index (χ3n) is 3.68. The summed E-state index contributed by atoms with van der Waals surface area (Å²) < 4.78 is 0. The molecule has 1 fully saturated rings. The van der Waals surface area contributed by atoms with E-state index in [4.69, 9.17) is 0 Å². The van der Waals surface area contributed by atoms with E-state index in [1.54, 1.807) is 0 Å². The topological polar surface area (TPSA) is 20.2 Å². The summed E-state index contributed by atoms with van der Waals surface area (Å²) in [5.41, 5.74) is -0.334. The van der Waals surface area contributed by atoms with Crippen LogP contribution >= 0.6 is 0 Å². The average Bonchev–Trinajstić information content (AvgIpc) is 2.53. The first-order valence-corrected chi connectivity index (χ1v) is 4.42. The van der Waals surface area contributed by atoms with Crippen LogP contribution in [0.1, 0.15) is 27.2 Å². The van der Waals surface area contributed by atoms with Crippen LogP contribution in [0, 0.1) is 17.3 Å². The fourth-order valence-electron chi connectivity index (χ4n) is 2.83. The van der Waals surface area contributed by atoms with Gasteiger partial charge >= 0.3 is 0 Å². The van der Waals surface area contributed by atoms with Crippen LogP contribution in [0.4, 0.5) is 0 Å². The first-order valence-electron chi connectivity index (χ1n) is 4.42. The molecule has 1 saturated carbocycles. The van der Waals surface area contributed by atoms with E-state index in [0.29, 0.717) is 11.8 Å². The van der Waals surface area contributed by atoms with Gasteiger partial charge in [0.25, 0.3) is 0 Å². The SMILES string of the molecule is CC(C)C12CC1C=CC2(C)O. The second-order valence-electron chi connectivity index (χ2n) is 4.51. The van der Waals surface area contributed by atoms with Crippen LogP contribution < -0.4 is 0 Å². The van der Waals surface area contributed by atoms with Crippen LogP contribution in [0.3, 0.4) is 0 Å². The van der Waals surface area contributed by atoms with Crippen LogP contribution in [0.15, 0.2) is 12.2 Å². The van der Waals surface area contributed by atoms with E-state index in [0.717, 1.165) is 0 Å². The van der Waals surface area contributed by atoms with Gasteiger partial charge in [-0.1, -0.05) is 26.0 Å². The molecule has 0 aliphatic heterocycles. The molecule has 0 amide bonds. The molecule has 3 atom stereocenters. The Balaban J connectivity index is 2.33. The molecular formula is C10H16O. The van der Waals surface area contributed by atoms with Gasteiger partial charge < -0.3 is 5.11 Å². The maximum atomic E-state index is 10.0.